The van der Waals surface area contributed by atoms with Crippen LogP contribution in [0.15, 0.2) is 65.8 Å². The number of thioether (sulfide) groups is 1. The molecule has 3 aromatic rings. The molecule has 0 aliphatic carbocycles. The van der Waals surface area contributed by atoms with Crippen molar-refractivity contribution in [1.29, 1.82) is 0 Å². The molecule has 0 bridgehead atoms. The van der Waals surface area contributed by atoms with Crippen LogP contribution in [0, 0.1) is 0 Å². The fourth-order valence-electron chi connectivity index (χ4n) is 2.74. The number of hydrogen-bond acceptors (Lipinski definition) is 4. The van der Waals surface area contributed by atoms with Crippen LogP contribution in [0.25, 0.3) is 5.70 Å². The third-order valence-corrected chi connectivity index (χ3v) is 4.72. The van der Waals surface area contributed by atoms with Crippen LogP contribution >= 0.6 is 23.4 Å². The van der Waals surface area contributed by atoms with Gasteiger partial charge in [-0.15, -0.1) is 5.10 Å². The maximum Gasteiger partial charge on any atom is 0.227 e. The lowest BCUT2D eigenvalue weighted by Crippen LogP contribution is -2.20. The van der Waals surface area contributed by atoms with Crippen molar-refractivity contribution in [3.05, 3.63) is 76.8 Å². The minimum atomic E-state index is -0.0258. The van der Waals surface area contributed by atoms with Gasteiger partial charge in [0.2, 0.25) is 11.1 Å². The number of hydrogen-bond donors (Lipinski definition) is 1. The van der Waals surface area contributed by atoms with Gasteiger partial charge in [-0.1, -0.05) is 65.8 Å². The number of allylic oxidation sites excluding steroid dienone is 1. The van der Waals surface area contributed by atoms with Crippen LogP contribution in [-0.4, -0.2) is 21.0 Å². The molecule has 0 amide bonds. The van der Waals surface area contributed by atoms with Crippen molar-refractivity contribution >= 4 is 35.0 Å². The Labute approximate surface area is 149 Å². The molecule has 0 unspecified atom stereocenters. The van der Waals surface area contributed by atoms with E-state index in [1.807, 2.05) is 53.4 Å². The number of aromatic nitrogens is 3. The monoisotopic (exact) mass is 354 g/mol. The van der Waals surface area contributed by atoms with Gasteiger partial charge in [0.05, 0.1) is 0 Å². The summed E-state index contributed by atoms with van der Waals surface area (Å²) in [7, 11) is 0. The van der Waals surface area contributed by atoms with Crippen molar-refractivity contribution in [2.45, 2.75) is 11.2 Å². The summed E-state index contributed by atoms with van der Waals surface area (Å²) in [5.41, 5.74) is 3.27. The normalized spacial score (nSPS) is 16.2. The first-order chi connectivity index (χ1) is 11.7. The fourth-order valence-corrected chi connectivity index (χ4v) is 3.22. The number of anilines is 1. The van der Waals surface area contributed by atoms with Crippen molar-refractivity contribution in [3.63, 3.8) is 0 Å². The third kappa shape index (κ3) is 2.81. The lowest BCUT2D eigenvalue weighted by Gasteiger charge is -2.24. The molecule has 4 nitrogen and oxygen atoms in total. The van der Waals surface area contributed by atoms with E-state index in [1.165, 1.54) is 11.8 Å². The van der Waals surface area contributed by atoms with E-state index in [-0.39, 0.29) is 6.04 Å². The second-order valence-electron chi connectivity index (χ2n) is 5.43. The molecular weight excluding hydrogens is 340 g/mol. The van der Waals surface area contributed by atoms with Crippen LogP contribution in [0.3, 0.4) is 0 Å². The Bertz CT molecular complexity index is 887. The number of halogens is 1. The summed E-state index contributed by atoms with van der Waals surface area (Å²) in [6.07, 6.45) is 4.15. The Kier molecular flexibility index (Phi) is 4.04. The van der Waals surface area contributed by atoms with Crippen LogP contribution in [0.2, 0.25) is 5.02 Å². The zero-order chi connectivity index (χ0) is 16.5. The molecule has 120 valence electrons. The number of fused-ring (bicyclic) bond motifs is 1. The van der Waals surface area contributed by atoms with E-state index in [1.54, 1.807) is 0 Å². The number of rotatable bonds is 3. The van der Waals surface area contributed by atoms with Gasteiger partial charge in [0, 0.05) is 10.7 Å². The average Bonchev–Trinajstić information content (AvgIpc) is 3.05. The van der Waals surface area contributed by atoms with E-state index in [9.17, 15) is 0 Å². The van der Waals surface area contributed by atoms with Crippen molar-refractivity contribution in [2.24, 2.45) is 0 Å². The molecule has 2 aromatic carbocycles. The molecular formula is C18H15ClN4S. The van der Waals surface area contributed by atoms with Gasteiger partial charge in [-0.2, -0.15) is 4.98 Å². The molecule has 1 aromatic heterocycles. The molecule has 0 fully saturated rings. The van der Waals surface area contributed by atoms with E-state index in [2.05, 4.69) is 33.6 Å². The van der Waals surface area contributed by atoms with E-state index in [0.717, 1.165) is 33.0 Å². The summed E-state index contributed by atoms with van der Waals surface area (Å²) < 4.78 is 1.92. The van der Waals surface area contributed by atoms with Crippen molar-refractivity contribution in [1.82, 2.24) is 14.8 Å². The first-order valence-electron chi connectivity index (χ1n) is 7.55. The van der Waals surface area contributed by atoms with Gasteiger partial charge in [-0.05, 0) is 35.6 Å². The first kappa shape index (κ1) is 15.3. The fraction of sp³-hybridized carbons (Fsp3) is 0.111. The molecule has 2 heterocycles. The SMILES string of the molecule is CSc1nc2n(n1)[C@H](c1ccc(Cl)cc1)C=C(c1ccccc1)N2. The lowest BCUT2D eigenvalue weighted by molar-refractivity contribution is 0.598. The number of nitrogens with zero attached hydrogens (tertiary/aromatic N) is 3. The van der Waals surface area contributed by atoms with Gasteiger partial charge in [-0.3, -0.25) is 0 Å². The molecule has 1 N–H and O–H groups in total. The summed E-state index contributed by atoms with van der Waals surface area (Å²) in [6, 6.07) is 18.1. The topological polar surface area (TPSA) is 42.7 Å². The largest absolute Gasteiger partial charge is 0.324 e. The second kappa shape index (κ2) is 6.34. The minimum Gasteiger partial charge on any atom is -0.324 e. The van der Waals surface area contributed by atoms with Crippen LogP contribution in [0.4, 0.5) is 5.95 Å². The van der Waals surface area contributed by atoms with Gasteiger partial charge < -0.3 is 5.32 Å². The average molecular weight is 355 g/mol. The predicted octanol–water partition coefficient (Wildman–Crippen LogP) is 4.71. The van der Waals surface area contributed by atoms with E-state index in [0.29, 0.717) is 0 Å². The molecule has 6 heteroatoms. The Morgan fingerprint density at radius 3 is 2.54 bits per heavy atom. The predicted molar refractivity (Wildman–Crippen MR) is 99.4 cm³/mol. The molecule has 0 saturated heterocycles. The highest BCUT2D eigenvalue weighted by molar-refractivity contribution is 7.98. The molecule has 0 radical (unpaired) electrons. The first-order valence-corrected chi connectivity index (χ1v) is 9.15. The summed E-state index contributed by atoms with van der Waals surface area (Å²) in [5.74, 6) is 0.751. The highest BCUT2D eigenvalue weighted by atomic mass is 35.5. The molecule has 1 aliphatic rings. The summed E-state index contributed by atoms with van der Waals surface area (Å²) in [5, 5.41) is 9.47. The van der Waals surface area contributed by atoms with Gasteiger partial charge in [0.1, 0.15) is 6.04 Å². The Morgan fingerprint density at radius 2 is 1.83 bits per heavy atom. The van der Waals surface area contributed by atoms with E-state index < -0.39 is 0 Å². The lowest BCUT2D eigenvalue weighted by atomic mass is 10.0. The molecule has 1 atom stereocenters. The van der Waals surface area contributed by atoms with Crippen LogP contribution < -0.4 is 5.32 Å². The van der Waals surface area contributed by atoms with E-state index >= 15 is 0 Å². The standard InChI is InChI=1S/C18H15ClN4S/c1-24-18-21-17-20-15(12-5-3-2-4-6-12)11-16(23(17)22-18)13-7-9-14(19)10-8-13/h2-11,16H,1H3,(H,20,21,22)/t16-/m0/s1. The molecule has 0 spiro atoms. The zero-order valence-corrected chi connectivity index (χ0v) is 14.6. The quantitative estimate of drug-likeness (QED) is 0.692. The van der Waals surface area contributed by atoms with Gasteiger partial charge in [-0.25, -0.2) is 4.68 Å². The second-order valence-corrected chi connectivity index (χ2v) is 6.64. The number of nitrogens with one attached hydrogen (secondary N) is 1. The molecule has 24 heavy (non-hydrogen) atoms. The third-order valence-electron chi connectivity index (χ3n) is 3.93. The Balaban J connectivity index is 1.83. The van der Waals surface area contributed by atoms with E-state index in [4.69, 9.17) is 11.6 Å². The zero-order valence-electron chi connectivity index (χ0n) is 13.0. The molecule has 1 aliphatic heterocycles. The van der Waals surface area contributed by atoms with Gasteiger partial charge >= 0.3 is 0 Å². The van der Waals surface area contributed by atoms with Gasteiger partial charge in [0.15, 0.2) is 0 Å². The van der Waals surface area contributed by atoms with Crippen LogP contribution in [0.5, 0.6) is 0 Å². The summed E-state index contributed by atoms with van der Waals surface area (Å²) in [4.78, 5) is 4.58. The summed E-state index contributed by atoms with van der Waals surface area (Å²) in [6.45, 7) is 0. The minimum absolute atomic E-state index is 0.0258. The highest BCUT2D eigenvalue weighted by Crippen LogP contribution is 2.33. The number of benzene rings is 2. The Hall–Kier alpha value is -2.24. The van der Waals surface area contributed by atoms with Crippen molar-refractivity contribution in [2.75, 3.05) is 11.6 Å². The van der Waals surface area contributed by atoms with Crippen molar-refractivity contribution in [3.8, 4) is 0 Å². The summed E-state index contributed by atoms with van der Waals surface area (Å²) >= 11 is 7.57. The maximum absolute atomic E-state index is 6.04. The van der Waals surface area contributed by atoms with Crippen LogP contribution in [-0.2, 0) is 0 Å². The van der Waals surface area contributed by atoms with Gasteiger partial charge in [0.25, 0.3) is 0 Å². The maximum atomic E-state index is 6.04. The van der Waals surface area contributed by atoms with Crippen molar-refractivity contribution < 1.29 is 0 Å². The highest BCUT2D eigenvalue weighted by Gasteiger charge is 2.25. The smallest absolute Gasteiger partial charge is 0.227 e. The van der Waals surface area contributed by atoms with Crippen LogP contribution in [0.1, 0.15) is 17.2 Å². The Morgan fingerprint density at radius 1 is 1.08 bits per heavy atom. The molecule has 0 saturated carbocycles. The molecule has 4 rings (SSSR count).